The highest BCUT2D eigenvalue weighted by molar-refractivity contribution is 6.31. The molecule has 0 unspecified atom stereocenters. The molecule has 7 heteroatoms. The first-order chi connectivity index (χ1) is 12.7. The van der Waals surface area contributed by atoms with Gasteiger partial charge in [0.05, 0.1) is 12.8 Å². The third-order valence-corrected chi connectivity index (χ3v) is 3.89. The minimum absolute atomic E-state index is 0.278. The van der Waals surface area contributed by atoms with Gasteiger partial charge in [0.15, 0.2) is 0 Å². The lowest BCUT2D eigenvalue weighted by atomic mass is 10.2. The van der Waals surface area contributed by atoms with E-state index in [0.717, 1.165) is 5.56 Å². The van der Waals surface area contributed by atoms with Gasteiger partial charge >= 0.3 is 0 Å². The second-order valence-corrected chi connectivity index (χ2v) is 5.87. The monoisotopic (exact) mass is 368 g/mol. The normalized spacial score (nSPS) is 10.2. The third-order valence-electron chi connectivity index (χ3n) is 3.65. The van der Waals surface area contributed by atoms with Gasteiger partial charge in [-0.1, -0.05) is 11.6 Å². The van der Waals surface area contributed by atoms with Crippen molar-refractivity contribution in [2.75, 3.05) is 17.7 Å². The minimum atomic E-state index is -0.278. The number of aromatic nitrogens is 2. The molecule has 0 fully saturated rings. The van der Waals surface area contributed by atoms with Crippen LogP contribution >= 0.6 is 11.6 Å². The summed E-state index contributed by atoms with van der Waals surface area (Å²) in [6, 6.07) is 12.2. The molecule has 26 heavy (non-hydrogen) atoms. The number of nitrogens with one attached hydrogen (secondary N) is 2. The van der Waals surface area contributed by atoms with Crippen molar-refractivity contribution in [2.24, 2.45) is 0 Å². The zero-order valence-electron chi connectivity index (χ0n) is 14.1. The summed E-state index contributed by atoms with van der Waals surface area (Å²) < 4.78 is 5.25. The number of rotatable bonds is 6. The molecule has 1 aromatic carbocycles. The fraction of sp³-hybridized carbons (Fsp3) is 0.105. The molecule has 6 nitrogen and oxygen atoms in total. The zero-order chi connectivity index (χ0) is 18.4. The summed E-state index contributed by atoms with van der Waals surface area (Å²) in [6.07, 6.45) is 5.04. The van der Waals surface area contributed by atoms with Gasteiger partial charge in [0.2, 0.25) is 0 Å². The van der Waals surface area contributed by atoms with Crippen LogP contribution in [0.1, 0.15) is 15.9 Å². The average Bonchev–Trinajstić information content (AvgIpc) is 2.67. The number of anilines is 2. The second-order valence-electron chi connectivity index (χ2n) is 5.44. The number of nitrogens with zero attached hydrogens (tertiary/aromatic N) is 2. The molecule has 0 radical (unpaired) electrons. The molecular formula is C19H17ClN4O2. The fourth-order valence-corrected chi connectivity index (χ4v) is 2.51. The Labute approximate surface area is 156 Å². The average molecular weight is 369 g/mol. The number of amides is 1. The predicted molar refractivity (Wildman–Crippen MR) is 102 cm³/mol. The molecule has 0 aliphatic carbocycles. The van der Waals surface area contributed by atoms with Crippen molar-refractivity contribution >= 4 is 29.0 Å². The van der Waals surface area contributed by atoms with Gasteiger partial charge in [-0.15, -0.1) is 0 Å². The van der Waals surface area contributed by atoms with Crippen molar-refractivity contribution in [3.8, 4) is 5.75 Å². The Balaban J connectivity index is 1.71. The van der Waals surface area contributed by atoms with Crippen molar-refractivity contribution in [3.05, 3.63) is 77.2 Å². The quantitative estimate of drug-likeness (QED) is 0.687. The van der Waals surface area contributed by atoms with Crippen molar-refractivity contribution < 1.29 is 9.53 Å². The van der Waals surface area contributed by atoms with E-state index < -0.39 is 0 Å². The largest absolute Gasteiger partial charge is 0.495 e. The van der Waals surface area contributed by atoms with Gasteiger partial charge in [-0.2, -0.15) is 0 Å². The standard InChI is InChI=1S/C19H17ClN4O2/c1-26-17-3-2-15(20)11-16(17)24-19(25)14-6-9-22-18(10-14)23-12-13-4-7-21-8-5-13/h2-11H,12H2,1H3,(H,22,23)(H,24,25). The van der Waals surface area contributed by atoms with Crippen molar-refractivity contribution in [1.29, 1.82) is 0 Å². The molecule has 0 aliphatic rings. The van der Waals surface area contributed by atoms with Crippen molar-refractivity contribution in [2.45, 2.75) is 6.54 Å². The van der Waals surface area contributed by atoms with Gasteiger partial charge in [0.25, 0.3) is 5.91 Å². The summed E-state index contributed by atoms with van der Waals surface area (Å²) in [6.45, 7) is 0.586. The SMILES string of the molecule is COc1ccc(Cl)cc1NC(=O)c1ccnc(NCc2ccncc2)c1. The van der Waals surface area contributed by atoms with E-state index in [9.17, 15) is 4.79 Å². The van der Waals surface area contributed by atoms with Crippen molar-refractivity contribution in [3.63, 3.8) is 0 Å². The highest BCUT2D eigenvalue weighted by Crippen LogP contribution is 2.28. The van der Waals surface area contributed by atoms with Crippen LogP contribution in [0, 0.1) is 0 Å². The van der Waals surface area contributed by atoms with Gasteiger partial charge in [-0.3, -0.25) is 9.78 Å². The van der Waals surface area contributed by atoms with E-state index >= 15 is 0 Å². The van der Waals surface area contributed by atoms with Crippen LogP contribution in [0.4, 0.5) is 11.5 Å². The number of methoxy groups -OCH3 is 1. The molecule has 3 aromatic rings. The molecule has 0 spiro atoms. The summed E-state index contributed by atoms with van der Waals surface area (Å²) in [5, 5.41) is 6.50. The Morgan fingerprint density at radius 2 is 1.92 bits per heavy atom. The maximum absolute atomic E-state index is 12.5. The van der Waals surface area contributed by atoms with Crippen LogP contribution in [0.2, 0.25) is 5.02 Å². The molecule has 0 saturated heterocycles. The first kappa shape index (κ1) is 17.7. The molecule has 2 aromatic heterocycles. The first-order valence-corrected chi connectivity index (χ1v) is 8.27. The van der Waals surface area contributed by atoms with Crippen molar-refractivity contribution in [1.82, 2.24) is 9.97 Å². The lowest BCUT2D eigenvalue weighted by Gasteiger charge is -2.11. The smallest absolute Gasteiger partial charge is 0.255 e. The van der Waals surface area contributed by atoms with E-state index in [-0.39, 0.29) is 5.91 Å². The number of hydrogen-bond donors (Lipinski definition) is 2. The highest BCUT2D eigenvalue weighted by atomic mass is 35.5. The van der Waals surface area contributed by atoms with Gasteiger partial charge in [-0.25, -0.2) is 4.98 Å². The Hall–Kier alpha value is -3.12. The van der Waals surface area contributed by atoms with Gasteiger partial charge in [0.1, 0.15) is 11.6 Å². The zero-order valence-corrected chi connectivity index (χ0v) is 14.8. The van der Waals surface area contributed by atoms with Crippen LogP contribution in [0.5, 0.6) is 5.75 Å². The molecule has 0 atom stereocenters. The third kappa shape index (κ3) is 4.49. The van der Waals surface area contributed by atoms with E-state index in [4.69, 9.17) is 16.3 Å². The molecule has 1 amide bonds. The van der Waals surface area contributed by atoms with E-state index in [0.29, 0.717) is 34.4 Å². The number of carbonyl (C=O) groups is 1. The van der Waals surface area contributed by atoms with Crippen LogP contribution in [0.15, 0.2) is 61.1 Å². The number of hydrogen-bond acceptors (Lipinski definition) is 5. The van der Waals surface area contributed by atoms with E-state index in [1.54, 1.807) is 48.9 Å². The van der Waals surface area contributed by atoms with Crippen LogP contribution in [0.3, 0.4) is 0 Å². The lowest BCUT2D eigenvalue weighted by molar-refractivity contribution is 0.102. The van der Waals surface area contributed by atoms with Crippen LogP contribution in [-0.4, -0.2) is 23.0 Å². The van der Waals surface area contributed by atoms with Crippen LogP contribution < -0.4 is 15.4 Å². The predicted octanol–water partition coefficient (Wildman–Crippen LogP) is 4.00. The molecule has 2 N–H and O–H groups in total. The molecule has 0 saturated carbocycles. The number of pyridine rings is 2. The molecule has 2 heterocycles. The van der Waals surface area contributed by atoms with E-state index in [1.165, 1.54) is 7.11 Å². The number of benzene rings is 1. The Kier molecular flexibility index (Phi) is 5.66. The summed E-state index contributed by atoms with van der Waals surface area (Å²) in [7, 11) is 1.53. The van der Waals surface area contributed by atoms with Gasteiger partial charge in [0, 0.05) is 35.7 Å². The topological polar surface area (TPSA) is 76.1 Å². The number of halogens is 1. The molecule has 3 rings (SSSR count). The molecule has 0 aliphatic heterocycles. The molecule has 0 bridgehead atoms. The summed E-state index contributed by atoms with van der Waals surface area (Å²) in [5.74, 6) is 0.861. The number of ether oxygens (including phenoxy) is 1. The molecular weight excluding hydrogens is 352 g/mol. The summed E-state index contributed by atoms with van der Waals surface area (Å²) in [5.41, 5.74) is 2.05. The Bertz CT molecular complexity index is 903. The lowest BCUT2D eigenvalue weighted by Crippen LogP contribution is -2.13. The number of carbonyl (C=O) groups excluding carboxylic acids is 1. The van der Waals surface area contributed by atoms with Crippen LogP contribution in [0.25, 0.3) is 0 Å². The summed E-state index contributed by atoms with van der Waals surface area (Å²) in [4.78, 5) is 20.8. The van der Waals surface area contributed by atoms with E-state index in [1.807, 2.05) is 12.1 Å². The maximum Gasteiger partial charge on any atom is 0.255 e. The maximum atomic E-state index is 12.5. The Morgan fingerprint density at radius 1 is 1.12 bits per heavy atom. The van der Waals surface area contributed by atoms with E-state index in [2.05, 4.69) is 20.6 Å². The van der Waals surface area contributed by atoms with Gasteiger partial charge < -0.3 is 15.4 Å². The molecule has 132 valence electrons. The minimum Gasteiger partial charge on any atom is -0.495 e. The Morgan fingerprint density at radius 3 is 2.69 bits per heavy atom. The van der Waals surface area contributed by atoms with Gasteiger partial charge in [-0.05, 0) is 48.0 Å². The van der Waals surface area contributed by atoms with Crippen LogP contribution in [-0.2, 0) is 6.54 Å². The first-order valence-electron chi connectivity index (χ1n) is 7.89. The highest BCUT2D eigenvalue weighted by Gasteiger charge is 2.11. The fourth-order valence-electron chi connectivity index (χ4n) is 2.33. The summed E-state index contributed by atoms with van der Waals surface area (Å²) >= 11 is 6.00. The second kappa shape index (κ2) is 8.31.